The van der Waals surface area contributed by atoms with Crippen LogP contribution in [0.2, 0.25) is 0 Å². The Morgan fingerprint density at radius 1 is 0.315 bits per heavy atom. The van der Waals surface area contributed by atoms with Crippen molar-refractivity contribution in [2.45, 2.75) is 469 Å². The molecule has 526 valence electrons. The number of rotatable bonds is 77. The standard InChI is InChI=1S/C83H159NO5/c1-3-5-7-9-11-13-15-17-19-20-21-22-36-39-42-45-48-51-55-59-63-67-71-75-81(86)80(79-85)84-82(87)76-72-68-64-60-56-52-49-46-43-40-37-34-32-30-28-26-24-23-25-27-29-31-33-35-38-41-44-47-50-54-58-62-66-70-74-78-89-83(88)77-73-69-65-61-57-53-18-16-14-12-10-8-6-4-2/h16,18,25,27,31,33,80-81,85-86H,3-15,17,19-24,26,28-30,32,34-79H2,1-2H3,(H,84,87)/b18-16-,27-25-,33-31-. The first-order valence-corrected chi connectivity index (χ1v) is 40.7. The maximum absolute atomic E-state index is 12.6. The summed E-state index contributed by atoms with van der Waals surface area (Å²) < 4.78 is 5.49. The third-order valence-electron chi connectivity index (χ3n) is 19.2. The molecule has 89 heavy (non-hydrogen) atoms. The van der Waals surface area contributed by atoms with E-state index in [-0.39, 0.29) is 18.5 Å². The Bertz CT molecular complexity index is 1440. The lowest BCUT2D eigenvalue weighted by molar-refractivity contribution is -0.143. The Hall–Kier alpha value is -1.92. The molecule has 0 aromatic rings. The van der Waals surface area contributed by atoms with Crippen LogP contribution >= 0.6 is 0 Å². The van der Waals surface area contributed by atoms with Crippen LogP contribution in [-0.2, 0) is 14.3 Å². The summed E-state index contributed by atoms with van der Waals surface area (Å²) in [5.41, 5.74) is 0. The van der Waals surface area contributed by atoms with Gasteiger partial charge in [0.25, 0.3) is 0 Å². The average Bonchev–Trinajstić information content (AvgIpc) is 3.64. The van der Waals surface area contributed by atoms with Gasteiger partial charge in [0.15, 0.2) is 0 Å². The average molecular weight is 1250 g/mol. The van der Waals surface area contributed by atoms with Gasteiger partial charge in [-0.05, 0) is 83.5 Å². The van der Waals surface area contributed by atoms with Gasteiger partial charge in [-0.1, -0.05) is 397 Å². The number of ether oxygens (including phenoxy) is 1. The first-order valence-electron chi connectivity index (χ1n) is 40.7. The molecule has 6 heteroatoms. The fraction of sp³-hybridized carbons (Fsp3) is 0.904. The van der Waals surface area contributed by atoms with E-state index < -0.39 is 12.1 Å². The summed E-state index contributed by atoms with van der Waals surface area (Å²) in [4.78, 5) is 24.6. The highest BCUT2D eigenvalue weighted by atomic mass is 16.5. The van der Waals surface area contributed by atoms with Crippen LogP contribution in [0.3, 0.4) is 0 Å². The number of nitrogens with one attached hydrogen (secondary N) is 1. The predicted molar refractivity (Wildman–Crippen MR) is 393 cm³/mol. The van der Waals surface area contributed by atoms with Crippen LogP contribution in [0.25, 0.3) is 0 Å². The number of amides is 1. The van der Waals surface area contributed by atoms with Crippen molar-refractivity contribution in [3.8, 4) is 0 Å². The van der Waals surface area contributed by atoms with E-state index in [9.17, 15) is 19.8 Å². The van der Waals surface area contributed by atoms with Crippen molar-refractivity contribution in [1.29, 1.82) is 0 Å². The SMILES string of the molecule is CCCCCCC/C=C\CCCCCCCC(=O)OCCCCCCCCCCCCC/C=C\C/C=C\CCCCCCCCCCCCCCCCCCCC(=O)NC(CO)C(O)CCCCCCCCCCCCCCCCCCCCCCCCC. The number of esters is 1. The summed E-state index contributed by atoms with van der Waals surface area (Å²) in [6.07, 6.45) is 102. The molecule has 0 fully saturated rings. The van der Waals surface area contributed by atoms with Crippen molar-refractivity contribution in [3.63, 3.8) is 0 Å². The number of unbranched alkanes of at least 4 members (excludes halogenated alkanes) is 60. The maximum atomic E-state index is 12.6. The molecule has 0 saturated heterocycles. The van der Waals surface area contributed by atoms with Crippen LogP contribution in [0.1, 0.15) is 457 Å². The second-order valence-electron chi connectivity index (χ2n) is 28.1. The van der Waals surface area contributed by atoms with Crippen LogP contribution in [0.4, 0.5) is 0 Å². The number of hydrogen-bond donors (Lipinski definition) is 3. The zero-order valence-corrected chi connectivity index (χ0v) is 60.4. The van der Waals surface area contributed by atoms with Gasteiger partial charge in [0, 0.05) is 12.8 Å². The molecule has 0 bridgehead atoms. The van der Waals surface area contributed by atoms with Crippen LogP contribution in [0, 0.1) is 0 Å². The molecule has 2 unspecified atom stereocenters. The Balaban J connectivity index is 3.37. The fourth-order valence-electron chi connectivity index (χ4n) is 13.0. The molecule has 0 aliphatic rings. The third-order valence-corrected chi connectivity index (χ3v) is 19.2. The molecule has 3 N–H and O–H groups in total. The fourth-order valence-corrected chi connectivity index (χ4v) is 13.0. The molecular weight excluding hydrogens is 1090 g/mol. The van der Waals surface area contributed by atoms with E-state index in [2.05, 4.69) is 55.6 Å². The molecule has 0 aromatic carbocycles. The molecule has 2 atom stereocenters. The Morgan fingerprint density at radius 3 is 0.865 bits per heavy atom. The van der Waals surface area contributed by atoms with E-state index in [0.717, 1.165) is 51.4 Å². The molecule has 0 saturated carbocycles. The third kappa shape index (κ3) is 75.0. The van der Waals surface area contributed by atoms with Gasteiger partial charge in [-0.15, -0.1) is 0 Å². The van der Waals surface area contributed by atoms with Gasteiger partial charge in [0.1, 0.15) is 0 Å². The van der Waals surface area contributed by atoms with Gasteiger partial charge in [0.05, 0.1) is 25.4 Å². The largest absolute Gasteiger partial charge is 0.466 e. The molecular formula is C83H159NO5. The van der Waals surface area contributed by atoms with Crippen molar-refractivity contribution >= 4 is 11.9 Å². The van der Waals surface area contributed by atoms with Crippen LogP contribution in [-0.4, -0.2) is 47.4 Å². The first-order chi connectivity index (χ1) is 44.0. The van der Waals surface area contributed by atoms with E-state index in [1.165, 1.54) is 372 Å². The van der Waals surface area contributed by atoms with Gasteiger partial charge < -0.3 is 20.3 Å². The lowest BCUT2D eigenvalue weighted by Crippen LogP contribution is -2.45. The zero-order valence-electron chi connectivity index (χ0n) is 60.4. The van der Waals surface area contributed by atoms with Crippen molar-refractivity contribution in [1.82, 2.24) is 5.32 Å². The predicted octanol–water partition coefficient (Wildman–Crippen LogP) is 27.0. The number of carbonyl (C=O) groups is 2. The summed E-state index contributed by atoms with van der Waals surface area (Å²) in [5, 5.41) is 23.5. The number of aliphatic hydroxyl groups is 2. The summed E-state index contributed by atoms with van der Waals surface area (Å²) in [6.45, 7) is 4.99. The zero-order chi connectivity index (χ0) is 64.2. The second kappa shape index (κ2) is 78.5. The molecule has 6 nitrogen and oxygen atoms in total. The quantitative estimate of drug-likeness (QED) is 0.0320. The lowest BCUT2D eigenvalue weighted by Gasteiger charge is -2.22. The van der Waals surface area contributed by atoms with Gasteiger partial charge >= 0.3 is 5.97 Å². The van der Waals surface area contributed by atoms with Crippen molar-refractivity contribution in [2.75, 3.05) is 13.2 Å². The van der Waals surface area contributed by atoms with Crippen molar-refractivity contribution in [2.24, 2.45) is 0 Å². The van der Waals surface area contributed by atoms with E-state index in [1.807, 2.05) is 0 Å². The Kier molecular flexibility index (Phi) is 76.8. The number of allylic oxidation sites excluding steroid dienone is 6. The topological polar surface area (TPSA) is 95.9 Å². The maximum Gasteiger partial charge on any atom is 0.305 e. The monoisotopic (exact) mass is 1250 g/mol. The summed E-state index contributed by atoms with van der Waals surface area (Å²) in [7, 11) is 0. The minimum Gasteiger partial charge on any atom is -0.466 e. The van der Waals surface area contributed by atoms with E-state index >= 15 is 0 Å². The van der Waals surface area contributed by atoms with Crippen LogP contribution in [0.15, 0.2) is 36.5 Å². The minimum absolute atomic E-state index is 0.00895. The lowest BCUT2D eigenvalue weighted by atomic mass is 10.0. The van der Waals surface area contributed by atoms with Gasteiger partial charge in [-0.2, -0.15) is 0 Å². The Labute approximate surface area is 557 Å². The highest BCUT2D eigenvalue weighted by Gasteiger charge is 2.20. The molecule has 0 aliphatic carbocycles. The summed E-state index contributed by atoms with van der Waals surface area (Å²) >= 11 is 0. The van der Waals surface area contributed by atoms with Crippen molar-refractivity contribution in [3.05, 3.63) is 36.5 Å². The highest BCUT2D eigenvalue weighted by molar-refractivity contribution is 5.76. The summed E-state index contributed by atoms with van der Waals surface area (Å²) in [5.74, 6) is -0.0183. The minimum atomic E-state index is -0.664. The molecule has 1 amide bonds. The highest BCUT2D eigenvalue weighted by Crippen LogP contribution is 2.20. The molecule has 0 heterocycles. The van der Waals surface area contributed by atoms with Gasteiger partial charge in [-0.3, -0.25) is 9.59 Å². The molecule has 0 rings (SSSR count). The van der Waals surface area contributed by atoms with Crippen LogP contribution < -0.4 is 5.32 Å². The summed E-state index contributed by atoms with van der Waals surface area (Å²) in [6, 6.07) is -0.541. The van der Waals surface area contributed by atoms with E-state index in [1.54, 1.807) is 0 Å². The number of carbonyl (C=O) groups excluding carboxylic acids is 2. The van der Waals surface area contributed by atoms with E-state index in [4.69, 9.17) is 4.74 Å². The second-order valence-corrected chi connectivity index (χ2v) is 28.1. The first kappa shape index (κ1) is 87.1. The van der Waals surface area contributed by atoms with E-state index in [0.29, 0.717) is 25.9 Å². The van der Waals surface area contributed by atoms with Crippen molar-refractivity contribution < 1.29 is 24.5 Å². The Morgan fingerprint density at radius 2 is 0.562 bits per heavy atom. The molecule has 0 aromatic heterocycles. The number of hydrogen-bond acceptors (Lipinski definition) is 5. The normalized spacial score (nSPS) is 12.6. The van der Waals surface area contributed by atoms with Gasteiger partial charge in [0.2, 0.25) is 5.91 Å². The molecule has 0 radical (unpaired) electrons. The molecule has 0 spiro atoms. The smallest absolute Gasteiger partial charge is 0.305 e. The van der Waals surface area contributed by atoms with Gasteiger partial charge in [-0.25, -0.2) is 0 Å². The number of aliphatic hydroxyl groups excluding tert-OH is 2. The van der Waals surface area contributed by atoms with Crippen LogP contribution in [0.5, 0.6) is 0 Å². The molecule has 0 aliphatic heterocycles.